The SMILES string of the molecule is CC.COCCC1(C)CN(c2ccc(C(=O)O)cc2)c2cc3[nH]ncc3cc2N1c1ccc(F)cc1. The Hall–Kier alpha value is -3.91. The summed E-state index contributed by atoms with van der Waals surface area (Å²) in [5, 5.41) is 17.5. The number of benzene rings is 3. The summed E-state index contributed by atoms with van der Waals surface area (Å²) < 4.78 is 19.2. The fourth-order valence-electron chi connectivity index (χ4n) is 4.72. The van der Waals surface area contributed by atoms with Crippen LogP contribution in [0.15, 0.2) is 66.9 Å². The van der Waals surface area contributed by atoms with E-state index in [0.717, 1.165) is 33.7 Å². The number of anilines is 4. The second-order valence-corrected chi connectivity index (χ2v) is 8.79. The molecule has 1 aliphatic rings. The topological polar surface area (TPSA) is 81.7 Å². The van der Waals surface area contributed by atoms with Crippen LogP contribution in [0, 0.1) is 5.82 Å². The van der Waals surface area contributed by atoms with Gasteiger partial charge in [0.15, 0.2) is 0 Å². The number of carboxylic acids is 1. The minimum absolute atomic E-state index is 0.236. The molecule has 1 unspecified atom stereocenters. The molecule has 0 radical (unpaired) electrons. The Morgan fingerprint density at radius 3 is 2.39 bits per heavy atom. The van der Waals surface area contributed by atoms with Gasteiger partial charge in [-0.05, 0) is 74.0 Å². The second kappa shape index (κ2) is 10.4. The lowest BCUT2D eigenvalue weighted by atomic mass is 9.88. The monoisotopic (exact) mass is 490 g/mol. The van der Waals surface area contributed by atoms with E-state index < -0.39 is 11.5 Å². The van der Waals surface area contributed by atoms with Crippen LogP contribution in [0.4, 0.5) is 27.1 Å². The number of aromatic nitrogens is 2. The molecule has 0 bridgehead atoms. The normalized spacial score (nSPS) is 16.9. The highest BCUT2D eigenvalue weighted by Crippen LogP contribution is 2.49. The Morgan fingerprint density at radius 2 is 1.75 bits per heavy atom. The van der Waals surface area contributed by atoms with Gasteiger partial charge in [0.1, 0.15) is 5.82 Å². The van der Waals surface area contributed by atoms with Crippen LogP contribution in [0.5, 0.6) is 0 Å². The third kappa shape index (κ3) is 4.64. The average Bonchev–Trinajstić information content (AvgIpc) is 3.36. The number of methoxy groups -OCH3 is 1. The Kier molecular flexibility index (Phi) is 7.26. The van der Waals surface area contributed by atoms with Gasteiger partial charge in [-0.15, -0.1) is 0 Å². The summed E-state index contributed by atoms with van der Waals surface area (Å²) in [4.78, 5) is 15.8. The van der Waals surface area contributed by atoms with Crippen LogP contribution in [0.1, 0.15) is 37.6 Å². The number of nitrogens with zero attached hydrogens (tertiary/aromatic N) is 3. The van der Waals surface area contributed by atoms with Crippen LogP contribution in [0.2, 0.25) is 0 Å². The van der Waals surface area contributed by atoms with Crippen LogP contribution in [0.3, 0.4) is 0 Å². The number of H-pyrrole nitrogens is 1. The number of nitrogens with one attached hydrogen (secondary N) is 1. The van der Waals surface area contributed by atoms with Crippen LogP contribution < -0.4 is 9.80 Å². The third-order valence-electron chi connectivity index (χ3n) is 6.46. The highest BCUT2D eigenvalue weighted by atomic mass is 19.1. The largest absolute Gasteiger partial charge is 0.478 e. The lowest BCUT2D eigenvalue weighted by Crippen LogP contribution is -2.55. The molecule has 8 heteroatoms. The van der Waals surface area contributed by atoms with Gasteiger partial charge in [0, 0.05) is 37.0 Å². The van der Waals surface area contributed by atoms with Crippen molar-refractivity contribution in [1.29, 1.82) is 0 Å². The van der Waals surface area contributed by atoms with Gasteiger partial charge in [0.05, 0.1) is 34.2 Å². The first kappa shape index (κ1) is 25.2. The second-order valence-electron chi connectivity index (χ2n) is 8.79. The molecule has 4 aromatic rings. The number of rotatable bonds is 6. The predicted octanol–water partition coefficient (Wildman–Crippen LogP) is 6.51. The average molecular weight is 491 g/mol. The third-order valence-corrected chi connectivity index (χ3v) is 6.46. The first-order valence-electron chi connectivity index (χ1n) is 12.0. The van der Waals surface area contributed by atoms with Crippen LogP contribution in [-0.4, -0.2) is 47.1 Å². The van der Waals surface area contributed by atoms with E-state index in [1.54, 1.807) is 37.6 Å². The van der Waals surface area contributed by atoms with E-state index in [9.17, 15) is 14.3 Å². The number of hydrogen-bond donors (Lipinski definition) is 2. The molecular formula is C28H31FN4O3. The molecule has 0 spiro atoms. The summed E-state index contributed by atoms with van der Waals surface area (Å²) in [6.45, 7) is 7.31. The minimum atomic E-state index is -0.961. The van der Waals surface area contributed by atoms with Crippen molar-refractivity contribution in [2.24, 2.45) is 0 Å². The Labute approximate surface area is 210 Å². The molecule has 0 amide bonds. The van der Waals surface area contributed by atoms with Crippen LogP contribution >= 0.6 is 0 Å². The molecule has 2 heterocycles. The van der Waals surface area contributed by atoms with Crippen molar-refractivity contribution < 1.29 is 19.0 Å². The summed E-state index contributed by atoms with van der Waals surface area (Å²) in [5.41, 5.74) is 4.37. The maximum atomic E-state index is 13.8. The van der Waals surface area contributed by atoms with Gasteiger partial charge in [-0.25, -0.2) is 9.18 Å². The standard InChI is InChI=1S/C26H25FN4O3.C2H6/c1-26(11-12-34-2)16-30(20-7-3-17(4-8-20)25(32)33)23-14-22-18(15-28-29-22)13-24(23)31(26)21-9-5-19(27)6-10-21;1-2/h3-10,13-15H,11-12,16H2,1-2H3,(H,28,29)(H,32,33);1-2H3. The minimum Gasteiger partial charge on any atom is -0.478 e. The van der Waals surface area contributed by atoms with Gasteiger partial charge < -0.3 is 19.6 Å². The number of hydrogen-bond acceptors (Lipinski definition) is 5. The lowest BCUT2D eigenvalue weighted by Gasteiger charge is -2.51. The van der Waals surface area contributed by atoms with Crippen molar-refractivity contribution >= 4 is 39.6 Å². The van der Waals surface area contributed by atoms with Gasteiger partial charge in [-0.1, -0.05) is 13.8 Å². The van der Waals surface area contributed by atoms with E-state index >= 15 is 0 Å². The van der Waals surface area contributed by atoms with E-state index in [-0.39, 0.29) is 11.4 Å². The smallest absolute Gasteiger partial charge is 0.335 e. The summed E-state index contributed by atoms with van der Waals surface area (Å²) in [5.74, 6) is -1.25. The Morgan fingerprint density at radius 1 is 1.08 bits per heavy atom. The number of halogens is 1. The van der Waals surface area contributed by atoms with Crippen molar-refractivity contribution in [3.63, 3.8) is 0 Å². The molecule has 1 aromatic heterocycles. The van der Waals surface area contributed by atoms with Gasteiger partial charge >= 0.3 is 5.97 Å². The summed E-state index contributed by atoms with van der Waals surface area (Å²) in [6, 6.07) is 17.6. The predicted molar refractivity (Wildman–Crippen MR) is 141 cm³/mol. The van der Waals surface area contributed by atoms with Crippen molar-refractivity contribution in [2.45, 2.75) is 32.7 Å². The van der Waals surface area contributed by atoms with Gasteiger partial charge in [-0.3, -0.25) is 5.10 Å². The highest BCUT2D eigenvalue weighted by molar-refractivity contribution is 5.96. The number of ether oxygens (including phenoxy) is 1. The van der Waals surface area contributed by atoms with Crippen LogP contribution in [0.25, 0.3) is 10.9 Å². The summed E-state index contributed by atoms with van der Waals surface area (Å²) in [6.07, 6.45) is 2.50. The fourth-order valence-corrected chi connectivity index (χ4v) is 4.72. The molecule has 3 aromatic carbocycles. The fraction of sp³-hybridized carbons (Fsp3) is 0.286. The molecular weight excluding hydrogens is 459 g/mol. The number of aromatic carboxylic acids is 1. The first-order valence-corrected chi connectivity index (χ1v) is 12.0. The zero-order chi connectivity index (χ0) is 25.9. The summed E-state index contributed by atoms with van der Waals surface area (Å²) in [7, 11) is 1.68. The van der Waals surface area contributed by atoms with Gasteiger partial charge in [0.25, 0.3) is 0 Å². The molecule has 7 nitrogen and oxygen atoms in total. The van der Waals surface area contributed by atoms with E-state index in [4.69, 9.17) is 4.74 Å². The van der Waals surface area contributed by atoms with Crippen LogP contribution in [-0.2, 0) is 4.74 Å². The molecule has 1 aliphatic heterocycles. The van der Waals surface area contributed by atoms with E-state index in [0.29, 0.717) is 19.6 Å². The zero-order valence-electron chi connectivity index (χ0n) is 21.0. The van der Waals surface area contributed by atoms with E-state index in [1.165, 1.54) is 12.1 Å². The Bertz CT molecular complexity index is 1340. The molecule has 1 atom stereocenters. The molecule has 0 aliphatic carbocycles. The Balaban J connectivity index is 0.00000148. The van der Waals surface area contributed by atoms with Gasteiger partial charge in [0.2, 0.25) is 0 Å². The van der Waals surface area contributed by atoms with Crippen molar-refractivity contribution in [3.05, 3.63) is 78.2 Å². The number of carbonyl (C=O) groups is 1. The quantitative estimate of drug-likeness (QED) is 0.321. The lowest BCUT2D eigenvalue weighted by molar-refractivity contribution is 0.0697. The number of carboxylic acid groups (broad SMARTS) is 1. The number of fused-ring (bicyclic) bond motifs is 2. The maximum Gasteiger partial charge on any atom is 0.335 e. The van der Waals surface area contributed by atoms with Gasteiger partial charge in [-0.2, -0.15) is 5.10 Å². The highest BCUT2D eigenvalue weighted by Gasteiger charge is 2.41. The van der Waals surface area contributed by atoms with E-state index in [1.807, 2.05) is 26.0 Å². The molecule has 0 fully saturated rings. The van der Waals surface area contributed by atoms with E-state index in [2.05, 4.69) is 39.1 Å². The molecule has 36 heavy (non-hydrogen) atoms. The molecule has 0 saturated heterocycles. The zero-order valence-corrected chi connectivity index (χ0v) is 21.0. The van der Waals surface area contributed by atoms with Crippen molar-refractivity contribution in [1.82, 2.24) is 10.2 Å². The molecule has 5 rings (SSSR count). The molecule has 0 saturated carbocycles. The molecule has 2 N–H and O–H groups in total. The number of aromatic amines is 1. The first-order chi connectivity index (χ1) is 17.4. The maximum absolute atomic E-state index is 13.8. The van der Waals surface area contributed by atoms with Crippen molar-refractivity contribution in [2.75, 3.05) is 30.1 Å². The van der Waals surface area contributed by atoms with Crippen molar-refractivity contribution in [3.8, 4) is 0 Å². The summed E-state index contributed by atoms with van der Waals surface area (Å²) >= 11 is 0. The molecule has 188 valence electrons.